The molecule has 1 unspecified atom stereocenters. The Kier molecular flexibility index (Phi) is 5.58. The van der Waals surface area contributed by atoms with Gasteiger partial charge in [-0.05, 0) is 25.6 Å². The lowest BCUT2D eigenvalue weighted by Gasteiger charge is -2.12. The number of likely N-dealkylation sites (tertiary alicyclic amines) is 1. The van der Waals surface area contributed by atoms with Crippen molar-refractivity contribution in [2.45, 2.75) is 19.0 Å². The van der Waals surface area contributed by atoms with Crippen molar-refractivity contribution in [3.63, 3.8) is 0 Å². The third-order valence-electron chi connectivity index (χ3n) is 3.59. The van der Waals surface area contributed by atoms with Crippen LogP contribution < -0.4 is 5.32 Å². The van der Waals surface area contributed by atoms with Gasteiger partial charge in [0.05, 0.1) is 6.54 Å². The second-order valence-electron chi connectivity index (χ2n) is 5.03. The van der Waals surface area contributed by atoms with Crippen molar-refractivity contribution in [2.24, 2.45) is 0 Å². The van der Waals surface area contributed by atoms with Gasteiger partial charge in [0.1, 0.15) is 0 Å². The molecule has 0 bridgehead atoms. The smallest absolute Gasteiger partial charge is 0.241 e. The first-order valence-corrected chi connectivity index (χ1v) is 7.10. The summed E-state index contributed by atoms with van der Waals surface area (Å²) in [5.74, 6) is 1.24. The molecule has 1 atom stereocenters. The van der Waals surface area contributed by atoms with Crippen LogP contribution in [-0.2, 0) is 6.54 Å². The summed E-state index contributed by atoms with van der Waals surface area (Å²) in [5.41, 5.74) is 0.877. The van der Waals surface area contributed by atoms with E-state index >= 15 is 0 Å². The van der Waals surface area contributed by atoms with Crippen LogP contribution in [0, 0.1) is 0 Å². The molecule has 1 aliphatic heterocycles. The normalized spacial score (nSPS) is 18.7. The quantitative estimate of drug-likeness (QED) is 0.934. The average Bonchev–Trinajstić information content (AvgIpc) is 3.08. The summed E-state index contributed by atoms with van der Waals surface area (Å²) in [7, 11) is 2.00. The lowest BCUT2D eigenvalue weighted by Crippen LogP contribution is -2.29. The Morgan fingerprint density at radius 3 is 3.05 bits per heavy atom. The van der Waals surface area contributed by atoms with E-state index in [0.29, 0.717) is 29.3 Å². The molecule has 114 valence electrons. The van der Waals surface area contributed by atoms with E-state index in [0.717, 1.165) is 25.1 Å². The number of hydrogen-bond acceptors (Lipinski definition) is 5. The molecule has 2 aromatic rings. The van der Waals surface area contributed by atoms with E-state index in [2.05, 4.69) is 20.4 Å². The summed E-state index contributed by atoms with van der Waals surface area (Å²) in [5, 5.41) is 7.99. The number of nitrogens with one attached hydrogen (secondary N) is 1. The predicted molar refractivity (Wildman–Crippen MR) is 84.7 cm³/mol. The summed E-state index contributed by atoms with van der Waals surface area (Å²) >= 11 is 5.97. The third kappa shape index (κ3) is 3.95. The monoisotopic (exact) mass is 328 g/mol. The summed E-state index contributed by atoms with van der Waals surface area (Å²) in [6.07, 6.45) is 1.16. The van der Waals surface area contributed by atoms with E-state index < -0.39 is 0 Å². The lowest BCUT2D eigenvalue weighted by atomic mass is 10.2. The molecule has 1 N–H and O–H groups in total. The Bertz CT molecular complexity index is 590. The van der Waals surface area contributed by atoms with Gasteiger partial charge >= 0.3 is 0 Å². The maximum atomic E-state index is 5.97. The molecule has 1 aromatic heterocycles. The maximum absolute atomic E-state index is 5.97. The third-order valence-corrected chi connectivity index (χ3v) is 3.83. The van der Waals surface area contributed by atoms with Gasteiger partial charge in [-0.3, -0.25) is 4.90 Å². The highest BCUT2D eigenvalue weighted by Gasteiger charge is 2.22. The van der Waals surface area contributed by atoms with Gasteiger partial charge < -0.3 is 9.84 Å². The maximum Gasteiger partial charge on any atom is 0.241 e. The van der Waals surface area contributed by atoms with Gasteiger partial charge in [0.2, 0.25) is 11.7 Å². The van der Waals surface area contributed by atoms with E-state index in [-0.39, 0.29) is 12.4 Å². The molecule has 2 heterocycles. The van der Waals surface area contributed by atoms with E-state index in [1.54, 1.807) is 0 Å². The van der Waals surface area contributed by atoms with Gasteiger partial charge in [0.25, 0.3) is 0 Å². The highest BCUT2D eigenvalue weighted by molar-refractivity contribution is 6.30. The zero-order valence-corrected chi connectivity index (χ0v) is 13.3. The summed E-state index contributed by atoms with van der Waals surface area (Å²) in [4.78, 5) is 6.75. The van der Waals surface area contributed by atoms with Crippen LogP contribution >= 0.6 is 24.0 Å². The van der Waals surface area contributed by atoms with Crippen LogP contribution in [0.3, 0.4) is 0 Å². The molecule has 5 nitrogen and oxygen atoms in total. The van der Waals surface area contributed by atoms with Crippen molar-refractivity contribution >= 4 is 24.0 Å². The zero-order chi connectivity index (χ0) is 13.9. The second kappa shape index (κ2) is 7.22. The molecule has 1 aromatic carbocycles. The summed E-state index contributed by atoms with van der Waals surface area (Å²) in [6, 6.07) is 8.03. The minimum atomic E-state index is 0. The number of benzene rings is 1. The fraction of sp³-hybridized carbons (Fsp3) is 0.429. The lowest BCUT2D eigenvalue weighted by molar-refractivity contribution is 0.263. The zero-order valence-electron chi connectivity index (χ0n) is 11.8. The van der Waals surface area contributed by atoms with Crippen molar-refractivity contribution in [1.82, 2.24) is 20.4 Å². The number of rotatable bonds is 4. The molecule has 1 saturated heterocycles. The first-order chi connectivity index (χ1) is 9.74. The fourth-order valence-electron chi connectivity index (χ4n) is 2.47. The number of hydrogen-bond donors (Lipinski definition) is 1. The van der Waals surface area contributed by atoms with Crippen molar-refractivity contribution in [3.8, 4) is 11.4 Å². The molecule has 0 aliphatic carbocycles. The highest BCUT2D eigenvalue weighted by Crippen LogP contribution is 2.20. The first-order valence-electron chi connectivity index (χ1n) is 6.73. The molecule has 0 spiro atoms. The van der Waals surface area contributed by atoms with Crippen LogP contribution in [0.5, 0.6) is 0 Å². The highest BCUT2D eigenvalue weighted by atomic mass is 35.5. The van der Waals surface area contributed by atoms with Crippen molar-refractivity contribution < 1.29 is 4.52 Å². The van der Waals surface area contributed by atoms with Crippen LogP contribution in [0.1, 0.15) is 12.3 Å². The number of nitrogens with zero attached hydrogens (tertiary/aromatic N) is 3. The Hall–Kier alpha value is -1.14. The Labute approximate surface area is 135 Å². The van der Waals surface area contributed by atoms with Gasteiger partial charge in [0, 0.05) is 29.7 Å². The molecule has 1 fully saturated rings. The summed E-state index contributed by atoms with van der Waals surface area (Å²) < 4.78 is 5.32. The van der Waals surface area contributed by atoms with Crippen molar-refractivity contribution in [3.05, 3.63) is 35.2 Å². The van der Waals surface area contributed by atoms with Crippen LogP contribution in [0.4, 0.5) is 0 Å². The molecule has 21 heavy (non-hydrogen) atoms. The topological polar surface area (TPSA) is 54.2 Å². The van der Waals surface area contributed by atoms with Gasteiger partial charge in [-0.2, -0.15) is 4.98 Å². The molecule has 7 heteroatoms. The minimum Gasteiger partial charge on any atom is -0.338 e. The number of halogens is 2. The minimum absolute atomic E-state index is 0. The summed E-state index contributed by atoms with van der Waals surface area (Å²) in [6.45, 7) is 2.78. The van der Waals surface area contributed by atoms with Crippen LogP contribution in [0.25, 0.3) is 11.4 Å². The molecular formula is C14H18Cl2N4O. The van der Waals surface area contributed by atoms with E-state index in [1.807, 2.05) is 31.3 Å². The van der Waals surface area contributed by atoms with Gasteiger partial charge in [-0.25, -0.2) is 0 Å². The molecule has 1 aliphatic rings. The SMILES string of the molecule is CNC1CCN(Cc2nc(-c3cccc(Cl)c3)no2)C1.Cl. The van der Waals surface area contributed by atoms with Gasteiger partial charge in [0.15, 0.2) is 0 Å². The Morgan fingerprint density at radius 1 is 1.48 bits per heavy atom. The molecule has 0 saturated carbocycles. The largest absolute Gasteiger partial charge is 0.338 e. The van der Waals surface area contributed by atoms with E-state index in [1.165, 1.54) is 0 Å². The van der Waals surface area contributed by atoms with Gasteiger partial charge in [-0.15, -0.1) is 12.4 Å². The number of aromatic nitrogens is 2. The standard InChI is InChI=1S/C14H17ClN4O.ClH/c1-16-12-5-6-19(8-12)9-13-17-14(18-20-13)10-3-2-4-11(15)7-10;/h2-4,7,12,16H,5-6,8-9H2,1H3;1H. The van der Waals surface area contributed by atoms with Crippen molar-refractivity contribution in [2.75, 3.05) is 20.1 Å². The van der Waals surface area contributed by atoms with Gasteiger partial charge in [-0.1, -0.05) is 28.9 Å². The second-order valence-corrected chi connectivity index (χ2v) is 5.47. The Balaban J connectivity index is 0.00000161. The Morgan fingerprint density at radius 2 is 2.33 bits per heavy atom. The van der Waals surface area contributed by atoms with E-state index in [4.69, 9.17) is 16.1 Å². The molecule has 3 rings (SSSR count). The molecule has 0 radical (unpaired) electrons. The van der Waals surface area contributed by atoms with E-state index in [9.17, 15) is 0 Å². The number of likely N-dealkylation sites (N-methyl/N-ethyl adjacent to an activating group) is 1. The molecular weight excluding hydrogens is 311 g/mol. The fourth-order valence-corrected chi connectivity index (χ4v) is 2.66. The van der Waals surface area contributed by atoms with Crippen LogP contribution in [0.2, 0.25) is 5.02 Å². The average molecular weight is 329 g/mol. The first kappa shape index (κ1) is 16.2. The predicted octanol–water partition coefficient (Wildman–Crippen LogP) is 2.61. The van der Waals surface area contributed by atoms with Crippen LogP contribution in [0.15, 0.2) is 28.8 Å². The molecule has 0 amide bonds. The van der Waals surface area contributed by atoms with Crippen molar-refractivity contribution in [1.29, 1.82) is 0 Å². The van der Waals surface area contributed by atoms with Crippen LogP contribution in [-0.4, -0.2) is 41.2 Å².